The van der Waals surface area contributed by atoms with Crippen molar-refractivity contribution in [2.75, 3.05) is 19.6 Å². The molecule has 4 heteroatoms. The summed E-state index contributed by atoms with van der Waals surface area (Å²) in [5, 5.41) is 2.93. The molecule has 1 rings (SSSR count). The molecule has 1 aliphatic rings. The maximum atomic E-state index is 11.6. The van der Waals surface area contributed by atoms with E-state index in [9.17, 15) is 4.79 Å². The standard InChI is InChI=1S/C13H27N3O/c1-10-5-7-16(8-6-10)11(2)9-15-12(17)13(3,4)14/h10-11H,5-9,14H2,1-4H3,(H,15,17). The SMILES string of the molecule is CC1CCN(C(C)CNC(=O)C(C)(C)N)CC1. The van der Waals surface area contributed by atoms with Crippen LogP contribution in [0.3, 0.4) is 0 Å². The number of amides is 1. The van der Waals surface area contributed by atoms with E-state index in [1.54, 1.807) is 13.8 Å². The van der Waals surface area contributed by atoms with E-state index >= 15 is 0 Å². The third-order valence-corrected chi connectivity index (χ3v) is 3.58. The molecule has 1 atom stereocenters. The maximum absolute atomic E-state index is 11.6. The molecule has 0 spiro atoms. The van der Waals surface area contributed by atoms with Crippen molar-refractivity contribution >= 4 is 5.91 Å². The highest BCUT2D eigenvalue weighted by Crippen LogP contribution is 2.17. The lowest BCUT2D eigenvalue weighted by molar-refractivity contribution is -0.125. The Morgan fingerprint density at radius 1 is 1.47 bits per heavy atom. The molecule has 17 heavy (non-hydrogen) atoms. The third kappa shape index (κ3) is 4.64. The predicted octanol–water partition coefficient (Wildman–Crippen LogP) is 0.960. The molecule has 0 aliphatic carbocycles. The molecule has 0 saturated carbocycles. The van der Waals surface area contributed by atoms with Crippen LogP contribution in [0.15, 0.2) is 0 Å². The second-order valence-corrected chi connectivity index (χ2v) is 6.00. The fourth-order valence-electron chi connectivity index (χ4n) is 2.07. The zero-order valence-electron chi connectivity index (χ0n) is 11.6. The van der Waals surface area contributed by atoms with Crippen molar-refractivity contribution in [3.8, 4) is 0 Å². The van der Waals surface area contributed by atoms with Gasteiger partial charge in [0.05, 0.1) is 5.54 Å². The molecule has 1 unspecified atom stereocenters. The molecular formula is C13H27N3O. The van der Waals surface area contributed by atoms with Crippen LogP contribution in [0.4, 0.5) is 0 Å². The number of likely N-dealkylation sites (tertiary alicyclic amines) is 1. The summed E-state index contributed by atoms with van der Waals surface area (Å²) < 4.78 is 0. The molecule has 1 aliphatic heterocycles. The summed E-state index contributed by atoms with van der Waals surface area (Å²) in [7, 11) is 0. The number of hydrogen-bond acceptors (Lipinski definition) is 3. The molecule has 0 aromatic heterocycles. The lowest BCUT2D eigenvalue weighted by Crippen LogP contribution is -2.53. The Balaban J connectivity index is 2.30. The first-order valence-corrected chi connectivity index (χ1v) is 6.62. The fourth-order valence-corrected chi connectivity index (χ4v) is 2.07. The molecule has 0 aromatic carbocycles. The largest absolute Gasteiger partial charge is 0.353 e. The average Bonchev–Trinajstić information content (AvgIpc) is 2.25. The second kappa shape index (κ2) is 5.83. The van der Waals surface area contributed by atoms with Gasteiger partial charge in [-0.05, 0) is 52.6 Å². The van der Waals surface area contributed by atoms with E-state index in [-0.39, 0.29) is 5.91 Å². The number of nitrogens with zero attached hydrogens (tertiary/aromatic N) is 1. The van der Waals surface area contributed by atoms with Crippen molar-refractivity contribution in [2.45, 2.75) is 52.1 Å². The van der Waals surface area contributed by atoms with Crippen LogP contribution in [0.25, 0.3) is 0 Å². The normalized spacial score (nSPS) is 21.2. The van der Waals surface area contributed by atoms with Crippen molar-refractivity contribution in [3.63, 3.8) is 0 Å². The van der Waals surface area contributed by atoms with Crippen LogP contribution in [-0.2, 0) is 4.79 Å². The van der Waals surface area contributed by atoms with Crippen LogP contribution in [-0.4, -0.2) is 42.0 Å². The van der Waals surface area contributed by atoms with E-state index in [1.165, 1.54) is 12.8 Å². The van der Waals surface area contributed by atoms with Gasteiger partial charge in [-0.1, -0.05) is 6.92 Å². The minimum absolute atomic E-state index is 0.0743. The van der Waals surface area contributed by atoms with Gasteiger partial charge in [-0.2, -0.15) is 0 Å². The number of rotatable bonds is 4. The molecular weight excluding hydrogens is 214 g/mol. The molecule has 0 bridgehead atoms. The quantitative estimate of drug-likeness (QED) is 0.771. The van der Waals surface area contributed by atoms with E-state index in [2.05, 4.69) is 24.1 Å². The molecule has 0 radical (unpaired) electrons. The van der Waals surface area contributed by atoms with Crippen LogP contribution in [0.2, 0.25) is 0 Å². The first-order valence-electron chi connectivity index (χ1n) is 6.62. The number of carbonyl (C=O) groups excluding carboxylic acids is 1. The fraction of sp³-hybridized carbons (Fsp3) is 0.923. The molecule has 1 saturated heterocycles. The van der Waals surface area contributed by atoms with Gasteiger partial charge in [-0.15, -0.1) is 0 Å². The van der Waals surface area contributed by atoms with Gasteiger partial charge < -0.3 is 11.1 Å². The Labute approximate surface area is 105 Å². The van der Waals surface area contributed by atoms with Gasteiger partial charge in [0.15, 0.2) is 0 Å². The van der Waals surface area contributed by atoms with E-state index in [1.807, 2.05) is 0 Å². The summed E-state index contributed by atoms with van der Waals surface area (Å²) in [4.78, 5) is 14.1. The highest BCUT2D eigenvalue weighted by molar-refractivity contribution is 5.85. The lowest BCUT2D eigenvalue weighted by Gasteiger charge is -2.35. The lowest BCUT2D eigenvalue weighted by atomic mass is 9.98. The topological polar surface area (TPSA) is 58.4 Å². The zero-order valence-corrected chi connectivity index (χ0v) is 11.6. The van der Waals surface area contributed by atoms with Gasteiger partial charge >= 0.3 is 0 Å². The number of nitrogens with two attached hydrogens (primary N) is 1. The molecule has 1 heterocycles. The summed E-state index contributed by atoms with van der Waals surface area (Å²) in [5.41, 5.74) is 4.95. The zero-order chi connectivity index (χ0) is 13.1. The van der Waals surface area contributed by atoms with Gasteiger partial charge in [0.2, 0.25) is 5.91 Å². The first kappa shape index (κ1) is 14.5. The van der Waals surface area contributed by atoms with Crippen molar-refractivity contribution in [2.24, 2.45) is 11.7 Å². The summed E-state index contributed by atoms with van der Waals surface area (Å²) >= 11 is 0. The minimum Gasteiger partial charge on any atom is -0.353 e. The Kier molecular flexibility index (Phi) is 4.95. The van der Waals surface area contributed by atoms with E-state index < -0.39 is 5.54 Å². The summed E-state index contributed by atoms with van der Waals surface area (Å²) in [6.07, 6.45) is 2.53. The highest BCUT2D eigenvalue weighted by Gasteiger charge is 2.24. The Morgan fingerprint density at radius 2 is 2.00 bits per heavy atom. The van der Waals surface area contributed by atoms with Crippen LogP contribution in [0.1, 0.15) is 40.5 Å². The number of carbonyl (C=O) groups is 1. The van der Waals surface area contributed by atoms with Crippen LogP contribution < -0.4 is 11.1 Å². The molecule has 3 N–H and O–H groups in total. The van der Waals surface area contributed by atoms with Gasteiger partial charge in [0.25, 0.3) is 0 Å². The van der Waals surface area contributed by atoms with Gasteiger partial charge in [-0.3, -0.25) is 9.69 Å². The number of piperidine rings is 1. The monoisotopic (exact) mass is 241 g/mol. The highest BCUT2D eigenvalue weighted by atomic mass is 16.2. The van der Waals surface area contributed by atoms with Crippen LogP contribution in [0, 0.1) is 5.92 Å². The Hall–Kier alpha value is -0.610. The Morgan fingerprint density at radius 3 is 2.47 bits per heavy atom. The van der Waals surface area contributed by atoms with E-state index in [0.717, 1.165) is 19.0 Å². The van der Waals surface area contributed by atoms with Crippen molar-refractivity contribution in [1.82, 2.24) is 10.2 Å². The predicted molar refractivity (Wildman–Crippen MR) is 70.7 cm³/mol. The minimum atomic E-state index is -0.782. The van der Waals surface area contributed by atoms with Gasteiger partial charge in [0.1, 0.15) is 0 Å². The van der Waals surface area contributed by atoms with Crippen LogP contribution >= 0.6 is 0 Å². The first-order chi connectivity index (χ1) is 7.80. The number of nitrogens with one attached hydrogen (secondary N) is 1. The van der Waals surface area contributed by atoms with Crippen molar-refractivity contribution in [3.05, 3.63) is 0 Å². The maximum Gasteiger partial charge on any atom is 0.239 e. The molecule has 4 nitrogen and oxygen atoms in total. The van der Waals surface area contributed by atoms with E-state index in [0.29, 0.717) is 12.6 Å². The van der Waals surface area contributed by atoms with E-state index in [4.69, 9.17) is 5.73 Å². The second-order valence-electron chi connectivity index (χ2n) is 6.00. The third-order valence-electron chi connectivity index (χ3n) is 3.58. The number of hydrogen-bond donors (Lipinski definition) is 2. The summed E-state index contributed by atoms with van der Waals surface area (Å²) in [5.74, 6) is 0.769. The average molecular weight is 241 g/mol. The van der Waals surface area contributed by atoms with Gasteiger partial charge in [-0.25, -0.2) is 0 Å². The Bertz CT molecular complexity index is 252. The summed E-state index contributed by atoms with van der Waals surface area (Å²) in [6, 6.07) is 0.397. The molecule has 100 valence electrons. The van der Waals surface area contributed by atoms with Crippen molar-refractivity contribution in [1.29, 1.82) is 0 Å². The molecule has 0 aromatic rings. The smallest absolute Gasteiger partial charge is 0.239 e. The molecule has 1 amide bonds. The van der Waals surface area contributed by atoms with Gasteiger partial charge in [0, 0.05) is 12.6 Å². The molecule has 1 fully saturated rings. The summed E-state index contributed by atoms with van der Waals surface area (Å²) in [6.45, 7) is 10.9. The van der Waals surface area contributed by atoms with Crippen LogP contribution in [0.5, 0.6) is 0 Å². The van der Waals surface area contributed by atoms with Crippen molar-refractivity contribution < 1.29 is 4.79 Å².